The number of hydrogen-bond acceptors (Lipinski definition) is 3. The SMILES string of the molecule is CC1(c2onc(N)c2-c2ccccc2)CCCC1. The zero-order valence-electron chi connectivity index (χ0n) is 10.6. The maximum Gasteiger partial charge on any atom is 0.175 e. The Hall–Kier alpha value is -1.77. The molecule has 2 aromatic rings. The summed E-state index contributed by atoms with van der Waals surface area (Å²) in [6, 6.07) is 10.2. The highest BCUT2D eigenvalue weighted by molar-refractivity contribution is 5.76. The van der Waals surface area contributed by atoms with Crippen molar-refractivity contribution in [1.82, 2.24) is 5.16 Å². The number of nitrogens with zero attached hydrogens (tertiary/aromatic N) is 1. The van der Waals surface area contributed by atoms with Gasteiger partial charge in [0.2, 0.25) is 0 Å². The van der Waals surface area contributed by atoms with Gasteiger partial charge in [-0.25, -0.2) is 0 Å². The molecule has 0 unspecified atom stereocenters. The molecule has 0 bridgehead atoms. The van der Waals surface area contributed by atoms with Crippen molar-refractivity contribution < 1.29 is 4.52 Å². The summed E-state index contributed by atoms with van der Waals surface area (Å²) >= 11 is 0. The molecule has 94 valence electrons. The van der Waals surface area contributed by atoms with Crippen LogP contribution in [0.4, 0.5) is 5.82 Å². The first-order valence-electron chi connectivity index (χ1n) is 6.52. The molecule has 18 heavy (non-hydrogen) atoms. The molecule has 1 aromatic heterocycles. The molecule has 0 aliphatic heterocycles. The minimum atomic E-state index is 0.0931. The Morgan fingerprint density at radius 1 is 1.17 bits per heavy atom. The minimum absolute atomic E-state index is 0.0931. The zero-order chi connectivity index (χ0) is 12.6. The molecule has 1 saturated carbocycles. The summed E-state index contributed by atoms with van der Waals surface area (Å²) in [6.07, 6.45) is 4.82. The molecular formula is C15H18N2O. The first-order valence-corrected chi connectivity index (χ1v) is 6.52. The first kappa shape index (κ1) is 11.3. The molecule has 0 amide bonds. The minimum Gasteiger partial charge on any atom is -0.380 e. The normalized spacial score (nSPS) is 18.1. The van der Waals surface area contributed by atoms with Gasteiger partial charge in [-0.1, -0.05) is 55.3 Å². The van der Waals surface area contributed by atoms with Gasteiger partial charge in [-0.2, -0.15) is 0 Å². The highest BCUT2D eigenvalue weighted by Gasteiger charge is 2.37. The number of hydrogen-bond donors (Lipinski definition) is 1. The van der Waals surface area contributed by atoms with Gasteiger partial charge < -0.3 is 10.3 Å². The van der Waals surface area contributed by atoms with Crippen molar-refractivity contribution in [2.45, 2.75) is 38.0 Å². The Bertz CT molecular complexity index is 539. The van der Waals surface area contributed by atoms with E-state index >= 15 is 0 Å². The molecule has 1 fully saturated rings. The highest BCUT2D eigenvalue weighted by Crippen LogP contribution is 2.46. The molecule has 0 atom stereocenters. The van der Waals surface area contributed by atoms with E-state index in [1.807, 2.05) is 18.2 Å². The molecular weight excluding hydrogens is 224 g/mol. The van der Waals surface area contributed by atoms with Crippen LogP contribution in [-0.2, 0) is 5.41 Å². The summed E-state index contributed by atoms with van der Waals surface area (Å²) in [4.78, 5) is 0. The quantitative estimate of drug-likeness (QED) is 0.872. The fraction of sp³-hybridized carbons (Fsp3) is 0.400. The van der Waals surface area contributed by atoms with Crippen molar-refractivity contribution in [3.63, 3.8) is 0 Å². The number of benzene rings is 1. The number of anilines is 1. The van der Waals surface area contributed by atoms with Gasteiger partial charge in [0.25, 0.3) is 0 Å². The van der Waals surface area contributed by atoms with Gasteiger partial charge in [-0.15, -0.1) is 0 Å². The lowest BCUT2D eigenvalue weighted by Crippen LogP contribution is -2.16. The first-order chi connectivity index (χ1) is 8.71. The summed E-state index contributed by atoms with van der Waals surface area (Å²) in [6.45, 7) is 2.26. The lowest BCUT2D eigenvalue weighted by molar-refractivity contribution is 0.307. The number of rotatable bonds is 2. The van der Waals surface area contributed by atoms with E-state index in [1.165, 1.54) is 12.8 Å². The van der Waals surface area contributed by atoms with Gasteiger partial charge in [0.15, 0.2) is 11.6 Å². The summed E-state index contributed by atoms with van der Waals surface area (Å²) in [5, 5.41) is 3.99. The monoisotopic (exact) mass is 242 g/mol. The molecule has 1 aromatic carbocycles. The van der Waals surface area contributed by atoms with Gasteiger partial charge in [0, 0.05) is 5.41 Å². The maximum atomic E-state index is 6.00. The molecule has 0 spiro atoms. The average molecular weight is 242 g/mol. The van der Waals surface area contributed by atoms with Crippen molar-refractivity contribution >= 4 is 5.82 Å². The third kappa shape index (κ3) is 1.70. The fourth-order valence-electron chi connectivity index (χ4n) is 2.98. The second-order valence-electron chi connectivity index (χ2n) is 5.41. The number of aromatic nitrogens is 1. The standard InChI is InChI=1S/C15H18N2O/c1-15(9-5-6-10-15)13-12(14(16)17-18-13)11-7-3-2-4-8-11/h2-4,7-8H,5-6,9-10H2,1H3,(H2,16,17). The van der Waals surface area contributed by atoms with E-state index in [-0.39, 0.29) is 5.41 Å². The second kappa shape index (κ2) is 4.16. The number of nitrogen functional groups attached to an aromatic ring is 1. The van der Waals surface area contributed by atoms with E-state index in [9.17, 15) is 0 Å². The van der Waals surface area contributed by atoms with Gasteiger partial charge in [-0.05, 0) is 18.4 Å². The van der Waals surface area contributed by atoms with Gasteiger partial charge in [0.05, 0.1) is 5.56 Å². The molecule has 3 nitrogen and oxygen atoms in total. The van der Waals surface area contributed by atoms with E-state index in [2.05, 4.69) is 24.2 Å². The summed E-state index contributed by atoms with van der Waals surface area (Å²) < 4.78 is 5.56. The summed E-state index contributed by atoms with van der Waals surface area (Å²) in [5.41, 5.74) is 8.17. The Balaban J connectivity index is 2.12. The molecule has 0 radical (unpaired) electrons. The van der Waals surface area contributed by atoms with Crippen molar-refractivity contribution in [1.29, 1.82) is 0 Å². The number of nitrogens with two attached hydrogens (primary N) is 1. The van der Waals surface area contributed by atoms with Crippen molar-refractivity contribution in [3.05, 3.63) is 36.1 Å². The lowest BCUT2D eigenvalue weighted by atomic mass is 9.82. The third-order valence-corrected chi connectivity index (χ3v) is 4.04. The van der Waals surface area contributed by atoms with E-state index in [1.54, 1.807) is 0 Å². The van der Waals surface area contributed by atoms with Crippen LogP contribution in [0, 0.1) is 0 Å². The largest absolute Gasteiger partial charge is 0.380 e. The Kier molecular flexibility index (Phi) is 2.62. The molecule has 3 rings (SSSR count). The predicted octanol–water partition coefficient (Wildman–Crippen LogP) is 3.76. The van der Waals surface area contributed by atoms with Gasteiger partial charge in [0.1, 0.15) is 0 Å². The van der Waals surface area contributed by atoms with E-state index in [4.69, 9.17) is 10.3 Å². The van der Waals surface area contributed by atoms with Gasteiger partial charge in [-0.3, -0.25) is 0 Å². The molecule has 1 aliphatic carbocycles. The Morgan fingerprint density at radius 2 is 1.83 bits per heavy atom. The van der Waals surface area contributed by atoms with Crippen LogP contribution in [0.1, 0.15) is 38.4 Å². The molecule has 1 heterocycles. The average Bonchev–Trinajstić information content (AvgIpc) is 2.98. The van der Waals surface area contributed by atoms with Crippen molar-refractivity contribution in [3.8, 4) is 11.1 Å². The molecule has 0 saturated heterocycles. The Morgan fingerprint density at radius 3 is 2.50 bits per heavy atom. The van der Waals surface area contributed by atoms with Crippen LogP contribution >= 0.6 is 0 Å². The topological polar surface area (TPSA) is 52.0 Å². The van der Waals surface area contributed by atoms with Crippen LogP contribution in [0.3, 0.4) is 0 Å². The molecule has 1 aliphatic rings. The fourth-order valence-corrected chi connectivity index (χ4v) is 2.98. The highest BCUT2D eigenvalue weighted by atomic mass is 16.5. The zero-order valence-corrected chi connectivity index (χ0v) is 10.6. The summed E-state index contributed by atoms with van der Waals surface area (Å²) in [7, 11) is 0. The van der Waals surface area contributed by atoms with Crippen LogP contribution in [0.5, 0.6) is 0 Å². The van der Waals surface area contributed by atoms with Crippen LogP contribution in [0.2, 0.25) is 0 Å². The Labute approximate surface area is 107 Å². The van der Waals surface area contributed by atoms with Crippen LogP contribution in [0.25, 0.3) is 11.1 Å². The van der Waals surface area contributed by atoms with Crippen LogP contribution < -0.4 is 5.73 Å². The van der Waals surface area contributed by atoms with E-state index in [0.29, 0.717) is 5.82 Å². The third-order valence-electron chi connectivity index (χ3n) is 4.04. The van der Waals surface area contributed by atoms with Crippen LogP contribution in [-0.4, -0.2) is 5.16 Å². The second-order valence-corrected chi connectivity index (χ2v) is 5.41. The van der Waals surface area contributed by atoms with E-state index in [0.717, 1.165) is 29.7 Å². The van der Waals surface area contributed by atoms with Crippen LogP contribution in [0.15, 0.2) is 34.9 Å². The van der Waals surface area contributed by atoms with Crippen molar-refractivity contribution in [2.24, 2.45) is 0 Å². The van der Waals surface area contributed by atoms with Gasteiger partial charge >= 0.3 is 0 Å². The molecule has 3 heteroatoms. The predicted molar refractivity (Wildman–Crippen MR) is 72.2 cm³/mol. The molecule has 2 N–H and O–H groups in total. The van der Waals surface area contributed by atoms with E-state index < -0.39 is 0 Å². The lowest BCUT2D eigenvalue weighted by Gasteiger charge is -2.21. The summed E-state index contributed by atoms with van der Waals surface area (Å²) in [5.74, 6) is 1.47. The maximum absolute atomic E-state index is 6.00. The van der Waals surface area contributed by atoms with Crippen molar-refractivity contribution in [2.75, 3.05) is 5.73 Å². The smallest absolute Gasteiger partial charge is 0.175 e.